The van der Waals surface area contributed by atoms with Crippen LogP contribution >= 0.6 is 0 Å². The van der Waals surface area contributed by atoms with Crippen LogP contribution in [0.15, 0.2) is 6.07 Å². The summed E-state index contributed by atoms with van der Waals surface area (Å²) in [5.74, 6) is 0. The van der Waals surface area contributed by atoms with Gasteiger partial charge in [-0.3, -0.25) is 0 Å². The number of likely N-dealkylation sites (tertiary alicyclic amines) is 1. The molecule has 5 rings (SSSR count). The normalized spacial score (nSPS) is 21.9. The fourth-order valence-corrected chi connectivity index (χ4v) is 6.84. The summed E-state index contributed by atoms with van der Waals surface area (Å²) in [4.78, 5) is 26.8. The number of carbonyl (C=O) groups excluding carboxylic acids is 2. The number of nitrogens with one attached hydrogen (secondary N) is 3. The third kappa shape index (κ3) is 5.46. The first-order chi connectivity index (χ1) is 15.4. The van der Waals surface area contributed by atoms with E-state index in [2.05, 4.69) is 21.4 Å². The fraction of sp³-hybridized carbons (Fsp3) is 0.652. The van der Waals surface area contributed by atoms with E-state index in [1.54, 1.807) is 4.90 Å². The maximum atomic E-state index is 13.0. The van der Waals surface area contributed by atoms with Crippen LogP contribution in [0.1, 0.15) is 67.2 Å². The minimum atomic E-state index is -3.90. The first kappa shape index (κ1) is 25.4. The number of benzene rings is 1. The number of sulfonamides is 1. The Kier molecular flexibility index (Phi) is 8.12. The van der Waals surface area contributed by atoms with Gasteiger partial charge in [0.05, 0.1) is 5.25 Å². The van der Waals surface area contributed by atoms with Crippen molar-refractivity contribution in [3.8, 4) is 0 Å². The van der Waals surface area contributed by atoms with E-state index in [0.29, 0.717) is 19.4 Å². The van der Waals surface area contributed by atoms with Crippen LogP contribution in [0.2, 0.25) is 0 Å². The molecule has 3 N–H and O–H groups in total. The number of carbonyl (C=O) groups is 2. The fourth-order valence-electron chi connectivity index (χ4n) is 5.51. The Morgan fingerprint density at radius 3 is 2.18 bits per heavy atom. The van der Waals surface area contributed by atoms with Gasteiger partial charge in [0.15, 0.2) is 0 Å². The standard InChI is InChI=1S/C23H32N4O4S.K/c28-22(25-21-19-10-1-5-15(19)13-16-6-2-11-20(16)21)26-32(30,31)18-9-4-12-27(14-18)23(29)24-17-7-3-8-17;/h13,17-18H,1-12,14H2,(H,24,29)(H2,25,26,28);. The molecule has 1 saturated heterocycles. The predicted molar refractivity (Wildman–Crippen MR) is 128 cm³/mol. The van der Waals surface area contributed by atoms with Gasteiger partial charge in [0.2, 0.25) is 10.0 Å². The second-order valence-electron chi connectivity index (χ2n) is 9.62. The average Bonchev–Trinajstić information content (AvgIpc) is 3.39. The number of fused-ring (bicyclic) bond motifs is 2. The maximum absolute atomic E-state index is 13.0. The Hall–Kier alpha value is -0.654. The van der Waals surface area contributed by atoms with Crippen molar-refractivity contribution >= 4 is 79.2 Å². The summed E-state index contributed by atoms with van der Waals surface area (Å²) in [6.45, 7) is 0.649. The zero-order valence-electron chi connectivity index (χ0n) is 19.4. The molecule has 1 aromatic rings. The molecule has 1 aliphatic heterocycles. The molecule has 1 saturated carbocycles. The molecule has 0 spiro atoms. The molecule has 8 nitrogen and oxygen atoms in total. The van der Waals surface area contributed by atoms with Crippen molar-refractivity contribution in [1.82, 2.24) is 14.9 Å². The van der Waals surface area contributed by atoms with Crippen LogP contribution in [-0.2, 0) is 35.7 Å². The summed E-state index contributed by atoms with van der Waals surface area (Å²) in [5, 5.41) is 5.07. The van der Waals surface area contributed by atoms with E-state index in [1.807, 2.05) is 0 Å². The average molecular weight is 500 g/mol. The largest absolute Gasteiger partial charge is 0.335 e. The smallest absolute Gasteiger partial charge is 0.332 e. The monoisotopic (exact) mass is 499 g/mol. The van der Waals surface area contributed by atoms with Crippen molar-refractivity contribution in [3.05, 3.63) is 28.3 Å². The van der Waals surface area contributed by atoms with Crippen molar-refractivity contribution in [2.75, 3.05) is 18.4 Å². The van der Waals surface area contributed by atoms with Gasteiger partial charge in [-0.15, -0.1) is 0 Å². The van der Waals surface area contributed by atoms with Crippen LogP contribution in [0, 0.1) is 0 Å². The molecule has 4 aliphatic rings. The van der Waals surface area contributed by atoms with Crippen molar-refractivity contribution in [2.45, 2.75) is 81.9 Å². The van der Waals surface area contributed by atoms with Crippen molar-refractivity contribution in [1.29, 1.82) is 0 Å². The van der Waals surface area contributed by atoms with Crippen LogP contribution in [0.25, 0.3) is 0 Å². The van der Waals surface area contributed by atoms with Gasteiger partial charge >= 0.3 is 12.1 Å². The van der Waals surface area contributed by atoms with E-state index in [-0.39, 0.29) is 70.0 Å². The molecule has 0 aromatic heterocycles. The molecule has 175 valence electrons. The number of nitrogens with zero attached hydrogens (tertiary/aromatic N) is 1. The van der Waals surface area contributed by atoms with Gasteiger partial charge in [0, 0.05) is 76.2 Å². The minimum absolute atomic E-state index is 0. The van der Waals surface area contributed by atoms with Crippen molar-refractivity contribution in [3.63, 3.8) is 0 Å². The summed E-state index contributed by atoms with van der Waals surface area (Å²) in [5.41, 5.74) is 5.71. The molecule has 33 heavy (non-hydrogen) atoms. The number of anilines is 1. The van der Waals surface area contributed by atoms with Gasteiger partial charge < -0.3 is 15.5 Å². The van der Waals surface area contributed by atoms with E-state index >= 15 is 0 Å². The molecule has 2 fully saturated rings. The van der Waals surface area contributed by atoms with Gasteiger partial charge in [0.1, 0.15) is 0 Å². The Balaban J connectivity index is 0.00000259. The Morgan fingerprint density at radius 1 is 0.909 bits per heavy atom. The van der Waals surface area contributed by atoms with Crippen LogP contribution in [0.4, 0.5) is 15.3 Å². The number of urea groups is 2. The van der Waals surface area contributed by atoms with Crippen LogP contribution in [0.3, 0.4) is 0 Å². The SMILES string of the molecule is O=C(Nc1c2c(cc3c1CCC3)CCC2)NS(=O)(=O)C1CCCN(C(=O)NC2CCC2)C1.[K]. The molecule has 1 unspecified atom stereocenters. The number of rotatable bonds is 4. The maximum Gasteiger partial charge on any atom is 0.332 e. The zero-order valence-corrected chi connectivity index (χ0v) is 23.4. The van der Waals surface area contributed by atoms with E-state index in [9.17, 15) is 18.0 Å². The third-order valence-corrected chi connectivity index (χ3v) is 9.22. The summed E-state index contributed by atoms with van der Waals surface area (Å²) < 4.78 is 28.2. The third-order valence-electron chi connectivity index (χ3n) is 7.48. The van der Waals surface area contributed by atoms with Crippen molar-refractivity contribution < 1.29 is 18.0 Å². The molecule has 3 aliphatic carbocycles. The molecule has 0 bridgehead atoms. The Morgan fingerprint density at radius 2 is 1.58 bits per heavy atom. The quantitative estimate of drug-likeness (QED) is 0.553. The van der Waals surface area contributed by atoms with Gasteiger partial charge in [-0.05, 0) is 92.9 Å². The minimum Gasteiger partial charge on any atom is -0.335 e. The van der Waals surface area contributed by atoms with Crippen molar-refractivity contribution in [2.24, 2.45) is 0 Å². The van der Waals surface area contributed by atoms with Crippen LogP contribution in [0.5, 0.6) is 0 Å². The van der Waals surface area contributed by atoms with Crippen LogP contribution < -0.4 is 15.4 Å². The van der Waals surface area contributed by atoms with Gasteiger partial charge in [-0.25, -0.2) is 22.7 Å². The summed E-state index contributed by atoms with van der Waals surface area (Å²) >= 11 is 0. The Labute approximate surface area is 238 Å². The van der Waals surface area contributed by atoms with E-state index < -0.39 is 21.3 Å². The number of hydrogen-bond acceptors (Lipinski definition) is 4. The second-order valence-corrected chi connectivity index (χ2v) is 11.6. The number of hydrogen-bond donors (Lipinski definition) is 3. The van der Waals surface area contributed by atoms with E-state index in [0.717, 1.165) is 74.6 Å². The molecule has 1 aromatic carbocycles. The van der Waals surface area contributed by atoms with E-state index in [1.165, 1.54) is 11.1 Å². The Bertz CT molecular complexity index is 1010. The second kappa shape index (κ2) is 10.5. The molecular weight excluding hydrogens is 467 g/mol. The predicted octanol–water partition coefficient (Wildman–Crippen LogP) is 2.46. The van der Waals surface area contributed by atoms with Gasteiger partial charge in [-0.1, -0.05) is 6.07 Å². The number of piperidine rings is 1. The topological polar surface area (TPSA) is 108 Å². The molecule has 4 amide bonds. The van der Waals surface area contributed by atoms with Gasteiger partial charge in [0.25, 0.3) is 0 Å². The molecule has 10 heteroatoms. The molecule has 1 atom stereocenters. The van der Waals surface area contributed by atoms with E-state index in [4.69, 9.17) is 0 Å². The first-order valence-electron chi connectivity index (χ1n) is 12.0. The number of aryl methyl sites for hydroxylation is 2. The molecule has 1 heterocycles. The summed E-state index contributed by atoms with van der Waals surface area (Å²) in [6.07, 6.45) is 10.1. The summed E-state index contributed by atoms with van der Waals surface area (Å²) in [7, 11) is -3.90. The van der Waals surface area contributed by atoms with Crippen LogP contribution in [-0.4, -0.2) is 101 Å². The zero-order chi connectivity index (χ0) is 22.3. The first-order valence-corrected chi connectivity index (χ1v) is 13.5. The summed E-state index contributed by atoms with van der Waals surface area (Å²) in [6, 6.07) is 1.58. The molecule has 1 radical (unpaired) electrons. The molecular formula is C23H32KN4O4S. The van der Waals surface area contributed by atoms with Gasteiger partial charge in [-0.2, -0.15) is 0 Å². The number of amides is 4.